The maximum Gasteiger partial charge on any atom is 0.221 e. The number of aromatic nitrogens is 2. The van der Waals surface area contributed by atoms with Gasteiger partial charge in [-0.1, -0.05) is 0 Å². The smallest absolute Gasteiger partial charge is 0.221 e. The Morgan fingerprint density at radius 1 is 1.26 bits per heavy atom. The maximum absolute atomic E-state index is 12.3. The third-order valence-electron chi connectivity index (χ3n) is 2.64. The summed E-state index contributed by atoms with van der Waals surface area (Å²) in [5.74, 6) is 0.232. The van der Waals surface area contributed by atoms with E-state index in [1.54, 1.807) is 25.3 Å². The van der Waals surface area contributed by atoms with Gasteiger partial charge in [0, 0.05) is 17.3 Å². The van der Waals surface area contributed by atoms with Gasteiger partial charge in [-0.25, -0.2) is 13.4 Å². The number of sulfone groups is 1. The Bertz CT molecular complexity index is 707. The van der Waals surface area contributed by atoms with Crippen molar-refractivity contribution in [3.05, 3.63) is 17.6 Å². The molecule has 0 atom stereocenters. The fraction of sp³-hybridized carbons (Fsp3) is 0.273. The fourth-order valence-corrected chi connectivity index (χ4v) is 4.37. The minimum absolute atomic E-state index is 0.0600. The van der Waals surface area contributed by atoms with Crippen LogP contribution in [0.5, 0.6) is 0 Å². The Morgan fingerprint density at radius 3 is 2.53 bits per heavy atom. The average Bonchev–Trinajstić information content (AvgIpc) is 2.78. The Kier molecular flexibility index (Phi) is 3.46. The SMILES string of the molecule is CC(C)S(=O)(=O)c1sccc1-c1cnc(N)nc1N. The van der Waals surface area contributed by atoms with Crippen LogP contribution < -0.4 is 11.5 Å². The molecule has 19 heavy (non-hydrogen) atoms. The van der Waals surface area contributed by atoms with Crippen LogP contribution in [0.1, 0.15) is 13.8 Å². The summed E-state index contributed by atoms with van der Waals surface area (Å²) >= 11 is 1.16. The molecule has 6 nitrogen and oxygen atoms in total. The minimum Gasteiger partial charge on any atom is -0.383 e. The van der Waals surface area contributed by atoms with Gasteiger partial charge in [-0.15, -0.1) is 11.3 Å². The summed E-state index contributed by atoms with van der Waals surface area (Å²) in [5.41, 5.74) is 12.2. The summed E-state index contributed by atoms with van der Waals surface area (Å²) in [6.07, 6.45) is 1.44. The van der Waals surface area contributed by atoms with E-state index in [-0.39, 0.29) is 16.0 Å². The van der Waals surface area contributed by atoms with Gasteiger partial charge in [0.2, 0.25) is 5.95 Å². The Morgan fingerprint density at radius 2 is 1.95 bits per heavy atom. The third-order valence-corrected chi connectivity index (χ3v) is 6.31. The molecule has 0 amide bonds. The van der Waals surface area contributed by atoms with Crippen molar-refractivity contribution < 1.29 is 8.42 Å². The molecule has 0 spiro atoms. The highest BCUT2D eigenvalue weighted by molar-refractivity contribution is 7.94. The van der Waals surface area contributed by atoms with Gasteiger partial charge in [-0.05, 0) is 25.3 Å². The predicted molar refractivity (Wildman–Crippen MR) is 76.5 cm³/mol. The standard InChI is InChI=1S/C11H14N4O2S2/c1-6(2)19(16,17)10-7(3-4-18-10)8-5-14-11(13)15-9(8)12/h3-6H,1-2H3,(H4,12,13,14,15). The van der Waals surface area contributed by atoms with Crippen molar-refractivity contribution >= 4 is 32.9 Å². The van der Waals surface area contributed by atoms with E-state index in [2.05, 4.69) is 9.97 Å². The second-order valence-electron chi connectivity index (χ2n) is 4.24. The van der Waals surface area contributed by atoms with Crippen LogP contribution in [0.4, 0.5) is 11.8 Å². The molecule has 0 fully saturated rings. The summed E-state index contributed by atoms with van der Waals surface area (Å²) in [7, 11) is -3.36. The van der Waals surface area contributed by atoms with E-state index in [0.29, 0.717) is 11.1 Å². The van der Waals surface area contributed by atoms with E-state index < -0.39 is 15.1 Å². The van der Waals surface area contributed by atoms with E-state index in [9.17, 15) is 8.42 Å². The van der Waals surface area contributed by atoms with Gasteiger partial charge < -0.3 is 11.5 Å². The molecule has 0 aliphatic heterocycles. The summed E-state index contributed by atoms with van der Waals surface area (Å²) in [6, 6.07) is 1.70. The second-order valence-corrected chi connectivity index (χ2v) is 7.86. The minimum atomic E-state index is -3.36. The highest BCUT2D eigenvalue weighted by Crippen LogP contribution is 2.36. The van der Waals surface area contributed by atoms with Crippen LogP contribution in [-0.4, -0.2) is 23.6 Å². The molecule has 2 heterocycles. The Balaban J connectivity index is 2.63. The molecule has 2 rings (SSSR count). The number of hydrogen-bond acceptors (Lipinski definition) is 7. The molecular weight excluding hydrogens is 284 g/mol. The first-order valence-electron chi connectivity index (χ1n) is 5.53. The quantitative estimate of drug-likeness (QED) is 0.889. The summed E-state index contributed by atoms with van der Waals surface area (Å²) in [5, 5.41) is 1.21. The molecule has 4 N–H and O–H groups in total. The Hall–Kier alpha value is -1.67. The van der Waals surface area contributed by atoms with Gasteiger partial charge >= 0.3 is 0 Å². The largest absolute Gasteiger partial charge is 0.383 e. The molecule has 0 saturated carbocycles. The normalized spacial score (nSPS) is 11.9. The van der Waals surface area contributed by atoms with Gasteiger partial charge in [-0.3, -0.25) is 0 Å². The van der Waals surface area contributed by atoms with Gasteiger partial charge in [0.25, 0.3) is 0 Å². The topological polar surface area (TPSA) is 112 Å². The van der Waals surface area contributed by atoms with Crippen molar-refractivity contribution in [1.82, 2.24) is 9.97 Å². The zero-order chi connectivity index (χ0) is 14.2. The van der Waals surface area contributed by atoms with Crippen molar-refractivity contribution in [1.29, 1.82) is 0 Å². The summed E-state index contributed by atoms with van der Waals surface area (Å²) < 4.78 is 24.8. The maximum atomic E-state index is 12.3. The first-order chi connectivity index (χ1) is 8.84. The molecule has 0 aliphatic carbocycles. The first kappa shape index (κ1) is 13.8. The number of nitrogens with zero attached hydrogens (tertiary/aromatic N) is 2. The highest BCUT2D eigenvalue weighted by atomic mass is 32.2. The number of anilines is 2. The molecule has 0 radical (unpaired) electrons. The first-order valence-corrected chi connectivity index (χ1v) is 7.96. The number of nitrogen functional groups attached to an aromatic ring is 2. The van der Waals surface area contributed by atoms with E-state index in [0.717, 1.165) is 11.3 Å². The van der Waals surface area contributed by atoms with Crippen LogP contribution in [0.25, 0.3) is 11.1 Å². The molecule has 0 aliphatic rings. The lowest BCUT2D eigenvalue weighted by molar-refractivity contribution is 0.589. The van der Waals surface area contributed by atoms with Crippen LogP contribution in [0.3, 0.4) is 0 Å². The van der Waals surface area contributed by atoms with Crippen molar-refractivity contribution in [2.24, 2.45) is 0 Å². The number of rotatable bonds is 3. The molecule has 8 heteroatoms. The summed E-state index contributed by atoms with van der Waals surface area (Å²) in [4.78, 5) is 7.71. The summed E-state index contributed by atoms with van der Waals surface area (Å²) in [6.45, 7) is 3.28. The molecule has 0 aromatic carbocycles. The predicted octanol–water partition coefficient (Wildman–Crippen LogP) is 1.55. The second kappa shape index (κ2) is 4.78. The lowest BCUT2D eigenvalue weighted by atomic mass is 10.2. The molecule has 0 bridgehead atoms. The number of thiophene rings is 1. The lowest BCUT2D eigenvalue weighted by Crippen LogP contribution is -2.13. The number of nitrogens with two attached hydrogens (primary N) is 2. The van der Waals surface area contributed by atoms with E-state index in [1.165, 1.54) is 6.20 Å². The van der Waals surface area contributed by atoms with Crippen LogP contribution in [0, 0.1) is 0 Å². The molecule has 102 valence electrons. The van der Waals surface area contributed by atoms with Gasteiger partial charge in [0.1, 0.15) is 10.0 Å². The molecular formula is C11H14N4O2S2. The molecule has 0 saturated heterocycles. The van der Waals surface area contributed by atoms with Gasteiger partial charge in [0.05, 0.1) is 5.25 Å². The van der Waals surface area contributed by atoms with E-state index >= 15 is 0 Å². The highest BCUT2D eigenvalue weighted by Gasteiger charge is 2.25. The van der Waals surface area contributed by atoms with Crippen molar-refractivity contribution in [2.75, 3.05) is 11.5 Å². The van der Waals surface area contributed by atoms with E-state index in [4.69, 9.17) is 11.5 Å². The fourth-order valence-electron chi connectivity index (χ4n) is 1.55. The molecule has 0 unspecified atom stereocenters. The average molecular weight is 298 g/mol. The van der Waals surface area contributed by atoms with Crippen LogP contribution >= 0.6 is 11.3 Å². The van der Waals surface area contributed by atoms with Crippen molar-refractivity contribution in [3.8, 4) is 11.1 Å². The Labute approximate surface area is 115 Å². The van der Waals surface area contributed by atoms with E-state index in [1.807, 2.05) is 0 Å². The monoisotopic (exact) mass is 298 g/mol. The van der Waals surface area contributed by atoms with Crippen LogP contribution in [-0.2, 0) is 9.84 Å². The third kappa shape index (κ3) is 2.41. The number of hydrogen-bond donors (Lipinski definition) is 2. The zero-order valence-electron chi connectivity index (χ0n) is 10.5. The van der Waals surface area contributed by atoms with Crippen LogP contribution in [0.15, 0.2) is 21.9 Å². The van der Waals surface area contributed by atoms with Crippen molar-refractivity contribution in [3.63, 3.8) is 0 Å². The van der Waals surface area contributed by atoms with Crippen molar-refractivity contribution in [2.45, 2.75) is 23.3 Å². The van der Waals surface area contributed by atoms with Gasteiger partial charge in [-0.2, -0.15) is 4.98 Å². The lowest BCUT2D eigenvalue weighted by Gasteiger charge is -2.09. The zero-order valence-corrected chi connectivity index (χ0v) is 12.1. The molecule has 2 aromatic rings. The van der Waals surface area contributed by atoms with Crippen LogP contribution in [0.2, 0.25) is 0 Å². The molecule has 2 aromatic heterocycles. The van der Waals surface area contributed by atoms with Gasteiger partial charge in [0.15, 0.2) is 9.84 Å².